The van der Waals surface area contributed by atoms with Gasteiger partial charge >= 0.3 is 0 Å². The number of aromatic nitrogens is 3. The normalized spacial score (nSPS) is 34.7. The second-order valence-corrected chi connectivity index (χ2v) is 8.63. The molecule has 3 aliphatic rings. The number of nitrogens with two attached hydrogens (primary N) is 1. The highest BCUT2D eigenvalue weighted by atomic mass is 16.8. The molecule has 1 aliphatic carbocycles. The first kappa shape index (κ1) is 19.2. The molecule has 0 amide bonds. The van der Waals surface area contributed by atoms with Gasteiger partial charge in [-0.15, -0.1) is 0 Å². The first-order valence-electron chi connectivity index (χ1n) is 10.3. The summed E-state index contributed by atoms with van der Waals surface area (Å²) >= 11 is 0. The number of ether oxygens (including phenoxy) is 4. The molecule has 0 spiro atoms. The lowest BCUT2D eigenvalue weighted by molar-refractivity contribution is -0.287. The van der Waals surface area contributed by atoms with Crippen LogP contribution >= 0.6 is 0 Å². The summed E-state index contributed by atoms with van der Waals surface area (Å²) in [5, 5.41) is 15.9. The van der Waals surface area contributed by atoms with E-state index in [-0.39, 0.29) is 6.10 Å². The van der Waals surface area contributed by atoms with Crippen LogP contribution in [0.25, 0.3) is 5.52 Å². The number of hydrogen-bond acceptors (Lipinski definition) is 8. The van der Waals surface area contributed by atoms with Crippen LogP contribution in [0.15, 0.2) is 18.5 Å². The van der Waals surface area contributed by atoms with E-state index in [2.05, 4.69) is 10.1 Å². The van der Waals surface area contributed by atoms with Gasteiger partial charge in [-0.3, -0.25) is 0 Å². The molecular formula is C20H28N4O5. The van der Waals surface area contributed by atoms with Crippen molar-refractivity contribution in [3.63, 3.8) is 0 Å². The van der Waals surface area contributed by atoms with Crippen LogP contribution in [0, 0.1) is 0 Å². The fraction of sp³-hybridized carbons (Fsp3) is 0.700. The molecule has 2 aliphatic heterocycles. The number of rotatable bonds is 4. The molecule has 2 saturated heterocycles. The zero-order chi connectivity index (χ0) is 20.2. The van der Waals surface area contributed by atoms with Crippen molar-refractivity contribution in [2.45, 2.75) is 81.9 Å². The Labute approximate surface area is 169 Å². The van der Waals surface area contributed by atoms with Crippen LogP contribution in [0.1, 0.15) is 51.6 Å². The number of anilines is 1. The first-order valence-corrected chi connectivity index (χ1v) is 10.3. The van der Waals surface area contributed by atoms with Crippen molar-refractivity contribution in [3.05, 3.63) is 24.2 Å². The fourth-order valence-corrected chi connectivity index (χ4v) is 4.75. The zero-order valence-corrected chi connectivity index (χ0v) is 16.8. The van der Waals surface area contributed by atoms with Crippen LogP contribution in [0.5, 0.6) is 0 Å². The molecule has 9 heteroatoms. The predicted octanol–water partition coefficient (Wildman–Crippen LogP) is 1.72. The third-order valence-electron chi connectivity index (χ3n) is 6.11. The molecule has 0 radical (unpaired) electrons. The smallest absolute Gasteiger partial charge is 0.240 e. The van der Waals surface area contributed by atoms with Crippen molar-refractivity contribution in [1.29, 1.82) is 0 Å². The number of aliphatic hydroxyl groups is 1. The third kappa shape index (κ3) is 3.21. The van der Waals surface area contributed by atoms with Gasteiger partial charge in [0, 0.05) is 0 Å². The number of fused-ring (bicyclic) bond motifs is 2. The molecular weight excluding hydrogens is 376 g/mol. The summed E-state index contributed by atoms with van der Waals surface area (Å²) in [5.74, 6) is -2.26. The summed E-state index contributed by atoms with van der Waals surface area (Å²) in [6.07, 6.45) is 5.72. The van der Waals surface area contributed by atoms with E-state index in [1.807, 2.05) is 13.8 Å². The SMILES string of the molecule is CC1(C)O[C@H]2[C@@H](O1)C(O)(c1ccc3c(N)ncnn13)O[C@@H]2COC1CCCCC1. The Morgan fingerprint density at radius 1 is 1.21 bits per heavy atom. The zero-order valence-electron chi connectivity index (χ0n) is 16.8. The minimum absolute atomic E-state index is 0.233. The van der Waals surface area contributed by atoms with E-state index in [0.717, 1.165) is 12.8 Å². The van der Waals surface area contributed by atoms with Crippen molar-refractivity contribution < 1.29 is 24.1 Å². The van der Waals surface area contributed by atoms with Crippen molar-refractivity contribution in [1.82, 2.24) is 14.6 Å². The van der Waals surface area contributed by atoms with Gasteiger partial charge in [-0.2, -0.15) is 5.10 Å². The fourth-order valence-electron chi connectivity index (χ4n) is 4.75. The largest absolute Gasteiger partial charge is 0.382 e. The van der Waals surface area contributed by atoms with E-state index in [1.165, 1.54) is 25.6 Å². The maximum absolute atomic E-state index is 11.6. The second-order valence-electron chi connectivity index (χ2n) is 8.63. The van der Waals surface area contributed by atoms with Crippen molar-refractivity contribution in [2.75, 3.05) is 12.3 Å². The van der Waals surface area contributed by atoms with Gasteiger partial charge in [0.05, 0.1) is 12.7 Å². The summed E-state index contributed by atoms with van der Waals surface area (Å²) in [6.45, 7) is 4.01. The molecule has 4 heterocycles. The minimum atomic E-state index is -1.74. The molecule has 4 atom stereocenters. The average Bonchev–Trinajstić information content (AvgIpc) is 3.34. The number of nitrogens with zero attached hydrogens (tertiary/aromatic N) is 3. The highest BCUT2D eigenvalue weighted by molar-refractivity contribution is 5.65. The molecule has 9 nitrogen and oxygen atoms in total. The molecule has 5 rings (SSSR count). The second kappa shape index (κ2) is 6.88. The monoisotopic (exact) mass is 404 g/mol. The van der Waals surface area contributed by atoms with E-state index in [9.17, 15) is 5.11 Å². The Morgan fingerprint density at radius 2 is 2.00 bits per heavy atom. The van der Waals surface area contributed by atoms with Crippen LogP contribution < -0.4 is 5.73 Å². The van der Waals surface area contributed by atoms with E-state index in [1.54, 1.807) is 16.6 Å². The van der Waals surface area contributed by atoms with Gasteiger partial charge in [-0.1, -0.05) is 19.3 Å². The molecule has 3 N–H and O–H groups in total. The number of nitrogen functional groups attached to an aromatic ring is 1. The van der Waals surface area contributed by atoms with Crippen molar-refractivity contribution in [2.24, 2.45) is 0 Å². The highest BCUT2D eigenvalue weighted by Crippen LogP contribution is 2.48. The van der Waals surface area contributed by atoms with Crippen LogP contribution in [-0.2, 0) is 24.7 Å². The van der Waals surface area contributed by atoms with Gasteiger partial charge in [0.2, 0.25) is 5.79 Å². The summed E-state index contributed by atoms with van der Waals surface area (Å²) in [6, 6.07) is 3.49. The number of hydrogen-bond donors (Lipinski definition) is 2. The Kier molecular flexibility index (Phi) is 4.56. The van der Waals surface area contributed by atoms with Crippen LogP contribution in [-0.4, -0.2) is 56.5 Å². The Balaban J connectivity index is 1.45. The highest BCUT2D eigenvalue weighted by Gasteiger charge is 2.64. The van der Waals surface area contributed by atoms with Crippen LogP contribution in [0.4, 0.5) is 5.82 Å². The Hall–Kier alpha value is -1.78. The maximum atomic E-state index is 11.6. The quantitative estimate of drug-likeness (QED) is 0.792. The summed E-state index contributed by atoms with van der Waals surface area (Å²) in [7, 11) is 0. The Morgan fingerprint density at radius 3 is 2.79 bits per heavy atom. The average molecular weight is 404 g/mol. The van der Waals surface area contributed by atoms with Crippen molar-refractivity contribution >= 4 is 11.3 Å². The van der Waals surface area contributed by atoms with Crippen molar-refractivity contribution in [3.8, 4) is 0 Å². The molecule has 0 bridgehead atoms. The Bertz CT molecular complexity index is 896. The predicted molar refractivity (Wildman–Crippen MR) is 103 cm³/mol. The van der Waals surface area contributed by atoms with Gasteiger partial charge in [-0.25, -0.2) is 9.50 Å². The molecule has 1 saturated carbocycles. The van der Waals surface area contributed by atoms with E-state index in [4.69, 9.17) is 24.7 Å². The van der Waals surface area contributed by atoms with Gasteiger partial charge in [-0.05, 0) is 38.8 Å². The third-order valence-corrected chi connectivity index (χ3v) is 6.11. The van der Waals surface area contributed by atoms with Gasteiger partial charge in [0.1, 0.15) is 35.8 Å². The van der Waals surface area contributed by atoms with Gasteiger partial charge in [0.15, 0.2) is 11.6 Å². The maximum Gasteiger partial charge on any atom is 0.240 e. The molecule has 2 aromatic rings. The van der Waals surface area contributed by atoms with Crippen LogP contribution in [0.2, 0.25) is 0 Å². The van der Waals surface area contributed by atoms with Gasteiger partial charge < -0.3 is 29.8 Å². The van der Waals surface area contributed by atoms with E-state index < -0.39 is 29.9 Å². The van der Waals surface area contributed by atoms with E-state index >= 15 is 0 Å². The summed E-state index contributed by atoms with van der Waals surface area (Å²) < 4.78 is 26.0. The summed E-state index contributed by atoms with van der Waals surface area (Å²) in [4.78, 5) is 4.00. The molecule has 158 valence electrons. The first-order chi connectivity index (χ1) is 13.9. The van der Waals surface area contributed by atoms with E-state index in [0.29, 0.717) is 23.6 Å². The molecule has 2 aromatic heterocycles. The lowest BCUT2D eigenvalue weighted by Gasteiger charge is -2.30. The lowest BCUT2D eigenvalue weighted by atomic mass is 9.98. The molecule has 1 unspecified atom stereocenters. The standard InChI is InChI=1S/C20H28N4O5/c1-19(2)28-16-14(10-26-12-6-4-3-5-7-12)27-20(25,17(16)29-19)15-9-8-13-18(21)22-11-23-24(13)15/h8-9,11-12,14,16-17,25H,3-7,10H2,1-2H3,(H2,21,22,23)/t14-,16-,17-,20?/m1/s1. The molecule has 0 aromatic carbocycles. The minimum Gasteiger partial charge on any atom is -0.382 e. The lowest BCUT2D eigenvalue weighted by Crippen LogP contribution is -2.41. The summed E-state index contributed by atoms with van der Waals surface area (Å²) in [5.41, 5.74) is 6.97. The molecule has 3 fully saturated rings. The topological polar surface area (TPSA) is 113 Å². The van der Waals surface area contributed by atoms with Gasteiger partial charge in [0.25, 0.3) is 0 Å². The van der Waals surface area contributed by atoms with Crippen LogP contribution in [0.3, 0.4) is 0 Å². The molecule has 29 heavy (non-hydrogen) atoms.